The molecule has 3 nitrogen and oxygen atoms in total. The monoisotopic (exact) mass is 242 g/mol. The minimum absolute atomic E-state index is 0.277. The molecule has 1 N–H and O–H groups in total. The van der Waals surface area contributed by atoms with E-state index in [2.05, 4.69) is 0 Å². The van der Waals surface area contributed by atoms with Gasteiger partial charge < -0.3 is 14.6 Å². The van der Waals surface area contributed by atoms with Crippen LogP contribution >= 0.6 is 0 Å². The maximum atomic E-state index is 12.9. The van der Waals surface area contributed by atoms with Gasteiger partial charge in [-0.15, -0.1) is 0 Å². The second-order valence-electron chi connectivity index (χ2n) is 3.67. The van der Waals surface area contributed by atoms with E-state index in [-0.39, 0.29) is 12.4 Å². The van der Waals surface area contributed by atoms with E-state index in [1.54, 1.807) is 6.07 Å². The van der Waals surface area contributed by atoms with E-state index in [0.717, 1.165) is 5.56 Å². The molecule has 1 aliphatic heterocycles. The molecule has 2 atom stereocenters. The molecule has 96 valence electrons. The molecule has 2 unspecified atom stereocenters. The lowest BCUT2D eigenvalue weighted by Crippen LogP contribution is -2.30. The fourth-order valence-corrected chi connectivity index (χ4v) is 1.50. The van der Waals surface area contributed by atoms with Crippen molar-refractivity contribution in [1.82, 2.24) is 0 Å². The Balaban J connectivity index is 0.000000686. The zero-order valence-electron chi connectivity index (χ0n) is 10.4. The van der Waals surface area contributed by atoms with Gasteiger partial charge in [0.05, 0.1) is 13.2 Å². The lowest BCUT2D eigenvalue weighted by molar-refractivity contribution is 0.0727. The van der Waals surface area contributed by atoms with Crippen LogP contribution in [0.4, 0.5) is 4.39 Å². The van der Waals surface area contributed by atoms with Crippen LogP contribution in [-0.4, -0.2) is 30.5 Å². The molecule has 1 aliphatic rings. The van der Waals surface area contributed by atoms with Crippen LogP contribution in [0.25, 0.3) is 0 Å². The fraction of sp³-hybridized carbons (Fsp3) is 0.538. The van der Waals surface area contributed by atoms with Gasteiger partial charge in [-0.3, -0.25) is 0 Å². The Kier molecular flexibility index (Phi) is 5.38. The summed E-state index contributed by atoms with van der Waals surface area (Å²) in [6, 6.07) is 4.34. The summed E-state index contributed by atoms with van der Waals surface area (Å²) in [5.41, 5.74) is 0.843. The second kappa shape index (κ2) is 6.57. The number of aryl methyl sites for hydroxylation is 1. The normalized spacial score (nSPS) is 22.9. The number of hydrogen-bond donors (Lipinski definition) is 1. The van der Waals surface area contributed by atoms with Crippen molar-refractivity contribution >= 4 is 0 Å². The summed E-state index contributed by atoms with van der Waals surface area (Å²) < 4.78 is 23.5. The van der Waals surface area contributed by atoms with Gasteiger partial charge in [-0.05, 0) is 18.6 Å². The highest BCUT2D eigenvalue weighted by atomic mass is 19.1. The van der Waals surface area contributed by atoms with Crippen LogP contribution in [0.3, 0.4) is 0 Å². The summed E-state index contributed by atoms with van der Waals surface area (Å²) in [6.07, 6.45) is -1.03. The Morgan fingerprint density at radius 1 is 1.35 bits per heavy atom. The first kappa shape index (κ1) is 13.9. The summed E-state index contributed by atoms with van der Waals surface area (Å²) in [4.78, 5) is 0. The van der Waals surface area contributed by atoms with Gasteiger partial charge in [0.15, 0.2) is 0 Å². The smallest absolute Gasteiger partial charge is 0.150 e. The average Bonchev–Trinajstić information content (AvgIpc) is 2.73. The summed E-state index contributed by atoms with van der Waals surface area (Å²) in [6.45, 7) is 6.45. The molecule has 2 rings (SSSR count). The predicted molar refractivity (Wildman–Crippen MR) is 63.7 cm³/mol. The quantitative estimate of drug-likeness (QED) is 0.864. The third-order valence-corrected chi connectivity index (χ3v) is 2.43. The molecule has 17 heavy (non-hydrogen) atoms. The average molecular weight is 242 g/mol. The molecule has 0 bridgehead atoms. The Morgan fingerprint density at radius 3 is 2.65 bits per heavy atom. The van der Waals surface area contributed by atoms with Gasteiger partial charge in [0.2, 0.25) is 0 Å². The van der Waals surface area contributed by atoms with E-state index in [0.29, 0.717) is 12.4 Å². The standard InChI is InChI=1S/C11H13FO3.C2H6/c1-7-2-3-8(12)4-10(7)15-11-6-14-5-9(11)13;1-2/h2-4,9,11,13H,5-6H2,1H3;1-2H3. The highest BCUT2D eigenvalue weighted by Crippen LogP contribution is 2.22. The van der Waals surface area contributed by atoms with Crippen molar-refractivity contribution in [2.24, 2.45) is 0 Å². The third kappa shape index (κ3) is 3.68. The van der Waals surface area contributed by atoms with Gasteiger partial charge in [-0.1, -0.05) is 19.9 Å². The van der Waals surface area contributed by atoms with Crippen LogP contribution in [0.5, 0.6) is 5.75 Å². The molecule has 0 amide bonds. The van der Waals surface area contributed by atoms with Gasteiger partial charge in [0, 0.05) is 6.07 Å². The summed E-state index contributed by atoms with van der Waals surface area (Å²) in [5, 5.41) is 9.47. The van der Waals surface area contributed by atoms with Crippen LogP contribution in [-0.2, 0) is 4.74 Å². The van der Waals surface area contributed by atoms with Crippen LogP contribution < -0.4 is 4.74 Å². The Bertz CT molecular complexity index is 355. The number of rotatable bonds is 2. The zero-order valence-corrected chi connectivity index (χ0v) is 10.4. The van der Waals surface area contributed by atoms with Crippen molar-refractivity contribution in [3.8, 4) is 5.75 Å². The van der Waals surface area contributed by atoms with E-state index < -0.39 is 12.2 Å². The lowest BCUT2D eigenvalue weighted by Gasteiger charge is -2.16. The van der Waals surface area contributed by atoms with Crippen LogP contribution in [0.2, 0.25) is 0 Å². The van der Waals surface area contributed by atoms with Crippen LogP contribution in [0.1, 0.15) is 19.4 Å². The van der Waals surface area contributed by atoms with E-state index in [9.17, 15) is 9.50 Å². The summed E-state index contributed by atoms with van der Waals surface area (Å²) in [5.74, 6) is 0.119. The first-order valence-electron chi connectivity index (χ1n) is 5.85. The Hall–Kier alpha value is -1.13. The number of aliphatic hydroxyl groups excluding tert-OH is 1. The van der Waals surface area contributed by atoms with Gasteiger partial charge in [-0.2, -0.15) is 0 Å². The Labute approximate surface area is 101 Å². The largest absolute Gasteiger partial charge is 0.485 e. The maximum Gasteiger partial charge on any atom is 0.150 e. The molecule has 1 fully saturated rings. The lowest BCUT2D eigenvalue weighted by atomic mass is 10.2. The number of hydrogen-bond acceptors (Lipinski definition) is 3. The first-order chi connectivity index (χ1) is 8.16. The van der Waals surface area contributed by atoms with E-state index >= 15 is 0 Å². The number of aliphatic hydroxyl groups is 1. The molecule has 0 saturated carbocycles. The Morgan fingerprint density at radius 2 is 2.06 bits per heavy atom. The van der Waals surface area contributed by atoms with Gasteiger partial charge in [0.1, 0.15) is 23.8 Å². The zero-order chi connectivity index (χ0) is 12.8. The van der Waals surface area contributed by atoms with Gasteiger partial charge in [0.25, 0.3) is 0 Å². The molecule has 1 aromatic rings. The molecule has 0 aliphatic carbocycles. The van der Waals surface area contributed by atoms with Crippen molar-refractivity contribution in [3.05, 3.63) is 29.6 Å². The SMILES string of the molecule is CC.Cc1ccc(F)cc1OC1COCC1O. The van der Waals surface area contributed by atoms with E-state index in [1.807, 2.05) is 20.8 Å². The molecule has 0 spiro atoms. The van der Waals surface area contributed by atoms with Gasteiger partial charge >= 0.3 is 0 Å². The van der Waals surface area contributed by atoms with Crippen molar-refractivity contribution in [2.45, 2.75) is 33.0 Å². The van der Waals surface area contributed by atoms with Crippen molar-refractivity contribution < 1.29 is 19.0 Å². The second-order valence-corrected chi connectivity index (χ2v) is 3.67. The van der Waals surface area contributed by atoms with Gasteiger partial charge in [-0.25, -0.2) is 4.39 Å². The summed E-state index contributed by atoms with van der Waals surface area (Å²) in [7, 11) is 0. The molecule has 1 aromatic carbocycles. The molecule has 1 heterocycles. The highest BCUT2D eigenvalue weighted by Gasteiger charge is 2.28. The minimum Gasteiger partial charge on any atom is -0.485 e. The predicted octanol–water partition coefficient (Wildman–Crippen LogP) is 2.30. The van der Waals surface area contributed by atoms with E-state index in [1.165, 1.54) is 12.1 Å². The molecular weight excluding hydrogens is 223 g/mol. The number of benzene rings is 1. The summed E-state index contributed by atoms with van der Waals surface area (Å²) >= 11 is 0. The topological polar surface area (TPSA) is 38.7 Å². The molecule has 0 aromatic heterocycles. The third-order valence-electron chi connectivity index (χ3n) is 2.43. The molecule has 4 heteroatoms. The molecule has 1 saturated heterocycles. The molecular formula is C13H19FO3. The van der Waals surface area contributed by atoms with Crippen LogP contribution in [0.15, 0.2) is 18.2 Å². The highest BCUT2D eigenvalue weighted by molar-refractivity contribution is 5.33. The van der Waals surface area contributed by atoms with Crippen molar-refractivity contribution in [2.75, 3.05) is 13.2 Å². The maximum absolute atomic E-state index is 12.9. The van der Waals surface area contributed by atoms with E-state index in [4.69, 9.17) is 9.47 Å². The number of halogens is 1. The van der Waals surface area contributed by atoms with Crippen molar-refractivity contribution in [1.29, 1.82) is 0 Å². The first-order valence-corrected chi connectivity index (χ1v) is 5.85. The fourth-order valence-electron chi connectivity index (χ4n) is 1.50. The minimum atomic E-state index is -0.632. The van der Waals surface area contributed by atoms with Crippen LogP contribution in [0, 0.1) is 12.7 Å². The van der Waals surface area contributed by atoms with Crippen molar-refractivity contribution in [3.63, 3.8) is 0 Å². The number of ether oxygens (including phenoxy) is 2. The molecule has 0 radical (unpaired) electrons.